The fourth-order valence-corrected chi connectivity index (χ4v) is 6.17. The normalized spacial score (nSPS) is 21.6. The van der Waals surface area contributed by atoms with Gasteiger partial charge in [0.1, 0.15) is 17.4 Å². The Morgan fingerprint density at radius 2 is 1.92 bits per heavy atom. The molecule has 3 aromatic rings. The van der Waals surface area contributed by atoms with Gasteiger partial charge in [0.15, 0.2) is 0 Å². The van der Waals surface area contributed by atoms with Crippen molar-refractivity contribution in [3.05, 3.63) is 70.7 Å². The molecule has 0 saturated heterocycles. The van der Waals surface area contributed by atoms with Gasteiger partial charge in [0, 0.05) is 50.6 Å². The van der Waals surface area contributed by atoms with Gasteiger partial charge in [0.05, 0.1) is 23.1 Å². The molecule has 0 spiro atoms. The molecule has 3 atom stereocenters. The molecule has 2 aromatic carbocycles. The van der Waals surface area contributed by atoms with Crippen molar-refractivity contribution in [3.8, 4) is 5.75 Å². The number of sulfonamides is 1. The molecule has 1 N–H and O–H groups in total. The molecule has 0 radical (unpaired) electrons. The maximum atomic E-state index is 13.6. The van der Waals surface area contributed by atoms with Crippen molar-refractivity contribution in [1.29, 1.82) is 0 Å². The summed E-state index contributed by atoms with van der Waals surface area (Å²) in [7, 11) is -0.443. The fourth-order valence-electron chi connectivity index (χ4n) is 4.45. The number of fused-ring (bicyclic) bond motifs is 1. The number of thiazole rings is 1. The number of hydrogen-bond acceptors (Lipinski definition) is 8. The van der Waals surface area contributed by atoms with Gasteiger partial charge in [0.2, 0.25) is 0 Å². The van der Waals surface area contributed by atoms with Crippen LogP contribution in [0.1, 0.15) is 29.2 Å². The van der Waals surface area contributed by atoms with Crippen LogP contribution in [-0.4, -0.2) is 75.1 Å². The van der Waals surface area contributed by atoms with Crippen LogP contribution in [0.2, 0.25) is 0 Å². The van der Waals surface area contributed by atoms with Crippen LogP contribution < -0.4 is 9.46 Å². The number of hydrogen-bond donors (Lipinski definition) is 1. The summed E-state index contributed by atoms with van der Waals surface area (Å²) in [5.74, 6) is 0.247. The van der Waals surface area contributed by atoms with E-state index in [1.54, 1.807) is 66.9 Å². The minimum absolute atomic E-state index is 0.0234. The first kappa shape index (κ1) is 28.0. The molecule has 2 heterocycles. The molecule has 0 unspecified atom stereocenters. The van der Waals surface area contributed by atoms with Crippen molar-refractivity contribution < 1.29 is 22.7 Å². The van der Waals surface area contributed by atoms with E-state index in [0.717, 1.165) is 11.6 Å². The topological polar surface area (TPSA) is 101 Å². The summed E-state index contributed by atoms with van der Waals surface area (Å²) in [6.07, 6.45) is 1.61. The van der Waals surface area contributed by atoms with Gasteiger partial charge >= 0.3 is 0 Å². The van der Waals surface area contributed by atoms with Crippen molar-refractivity contribution in [1.82, 2.24) is 14.8 Å². The molecular weight excluding hydrogens is 524 g/mol. The maximum absolute atomic E-state index is 13.6. The predicted octanol–water partition coefficient (Wildman–Crippen LogP) is 3.95. The van der Waals surface area contributed by atoms with Crippen LogP contribution in [0.5, 0.6) is 5.75 Å². The summed E-state index contributed by atoms with van der Waals surface area (Å²) in [6, 6.07) is 12.9. The van der Waals surface area contributed by atoms with Crippen LogP contribution >= 0.6 is 11.3 Å². The number of ether oxygens (including phenoxy) is 2. The summed E-state index contributed by atoms with van der Waals surface area (Å²) in [4.78, 5) is 22.1. The lowest BCUT2D eigenvalue weighted by molar-refractivity contribution is 0.00921. The Morgan fingerprint density at radius 3 is 2.61 bits per heavy atom. The highest BCUT2D eigenvalue weighted by molar-refractivity contribution is 7.92. The van der Waals surface area contributed by atoms with E-state index in [2.05, 4.69) is 28.5 Å². The number of aromatic nitrogens is 1. The molecule has 38 heavy (non-hydrogen) atoms. The van der Waals surface area contributed by atoms with Gasteiger partial charge in [-0.25, -0.2) is 13.4 Å². The summed E-state index contributed by atoms with van der Waals surface area (Å²) < 4.78 is 40.4. The number of likely N-dealkylation sites (N-methyl/N-ethyl adjacent to an activating group) is 1. The van der Waals surface area contributed by atoms with Gasteiger partial charge in [-0.1, -0.05) is 25.1 Å². The second kappa shape index (κ2) is 12.2. The second-order valence-electron chi connectivity index (χ2n) is 9.58. The maximum Gasteiger partial charge on any atom is 0.261 e. The van der Waals surface area contributed by atoms with Gasteiger partial charge in [-0.2, -0.15) is 0 Å². The first-order valence-electron chi connectivity index (χ1n) is 12.4. The number of nitrogens with one attached hydrogen (secondary N) is 1. The molecule has 204 valence electrons. The minimum atomic E-state index is -3.82. The van der Waals surface area contributed by atoms with Crippen LogP contribution in [0.25, 0.3) is 0 Å². The van der Waals surface area contributed by atoms with Crippen LogP contribution in [-0.2, 0) is 21.3 Å². The SMILES string of the molecule is CO[C@H]1CN(C)C(=O)c2cc(NS(=O)(=O)c3ccccc3)ccc2OC[C@@H](C)N(Cc2nccs2)C[C@@H]1C. The largest absolute Gasteiger partial charge is 0.491 e. The third-order valence-electron chi connectivity index (χ3n) is 6.70. The molecule has 0 aliphatic carbocycles. The average Bonchev–Trinajstić information content (AvgIpc) is 3.42. The van der Waals surface area contributed by atoms with Gasteiger partial charge in [-0.05, 0) is 43.2 Å². The molecule has 4 rings (SSSR count). The smallest absolute Gasteiger partial charge is 0.261 e. The highest BCUT2D eigenvalue weighted by atomic mass is 32.2. The number of benzene rings is 2. The number of methoxy groups -OCH3 is 1. The molecule has 0 saturated carbocycles. The molecule has 9 nitrogen and oxygen atoms in total. The molecular formula is C27H34N4O5S2. The molecule has 1 aromatic heterocycles. The predicted molar refractivity (Wildman–Crippen MR) is 148 cm³/mol. The Morgan fingerprint density at radius 1 is 1.16 bits per heavy atom. The van der Waals surface area contributed by atoms with Gasteiger partial charge < -0.3 is 14.4 Å². The van der Waals surface area contributed by atoms with Crippen LogP contribution in [0.15, 0.2) is 65.0 Å². The van der Waals surface area contributed by atoms with E-state index in [-0.39, 0.29) is 40.1 Å². The van der Waals surface area contributed by atoms with Crippen LogP contribution in [0, 0.1) is 5.92 Å². The minimum Gasteiger partial charge on any atom is -0.491 e. The number of carbonyl (C=O) groups excluding carboxylic acids is 1. The van der Waals surface area contributed by atoms with E-state index < -0.39 is 10.0 Å². The zero-order valence-corrected chi connectivity index (χ0v) is 23.7. The Bertz CT molecular complexity index is 1320. The quantitative estimate of drug-likeness (QED) is 0.489. The molecule has 11 heteroatoms. The third-order valence-corrected chi connectivity index (χ3v) is 8.86. The molecule has 0 fully saturated rings. The Hall–Kier alpha value is -2.99. The molecule has 1 aliphatic heterocycles. The zero-order chi connectivity index (χ0) is 27.3. The van der Waals surface area contributed by atoms with Crippen LogP contribution in [0.3, 0.4) is 0 Å². The van der Waals surface area contributed by atoms with E-state index in [0.29, 0.717) is 25.4 Å². The van der Waals surface area contributed by atoms with E-state index in [1.165, 1.54) is 18.2 Å². The average molecular weight is 559 g/mol. The Kier molecular flexibility index (Phi) is 9.03. The number of amides is 1. The van der Waals surface area contributed by atoms with E-state index in [1.807, 2.05) is 5.38 Å². The highest BCUT2D eigenvalue weighted by Crippen LogP contribution is 2.28. The van der Waals surface area contributed by atoms with Gasteiger partial charge in [-0.3, -0.25) is 14.4 Å². The lowest BCUT2D eigenvalue weighted by Gasteiger charge is -2.35. The van der Waals surface area contributed by atoms with E-state index in [9.17, 15) is 13.2 Å². The molecule has 1 amide bonds. The second-order valence-corrected chi connectivity index (χ2v) is 12.2. The summed E-state index contributed by atoms with van der Waals surface area (Å²) in [5.41, 5.74) is 0.558. The van der Waals surface area contributed by atoms with Crippen molar-refractivity contribution in [2.45, 2.75) is 37.4 Å². The molecule has 0 bridgehead atoms. The zero-order valence-electron chi connectivity index (χ0n) is 22.0. The molecule has 1 aliphatic rings. The van der Waals surface area contributed by atoms with Crippen molar-refractivity contribution in [3.63, 3.8) is 0 Å². The van der Waals surface area contributed by atoms with Crippen molar-refractivity contribution >= 4 is 33.0 Å². The lowest BCUT2D eigenvalue weighted by Crippen LogP contribution is -2.46. The Labute approximate surface area is 228 Å². The van der Waals surface area contributed by atoms with Crippen molar-refractivity contribution in [2.24, 2.45) is 5.92 Å². The van der Waals surface area contributed by atoms with Gasteiger partial charge in [0.25, 0.3) is 15.9 Å². The number of rotatable bonds is 6. The summed E-state index contributed by atoms with van der Waals surface area (Å²) in [5, 5.41) is 2.99. The van der Waals surface area contributed by atoms with Crippen molar-refractivity contribution in [2.75, 3.05) is 38.6 Å². The first-order valence-corrected chi connectivity index (χ1v) is 14.8. The number of anilines is 1. The third kappa shape index (κ3) is 6.71. The summed E-state index contributed by atoms with van der Waals surface area (Å²) in [6.45, 7) is 6.35. The highest BCUT2D eigenvalue weighted by Gasteiger charge is 2.29. The lowest BCUT2D eigenvalue weighted by atomic mass is 10.0. The number of nitrogens with zero attached hydrogens (tertiary/aromatic N) is 3. The Balaban J connectivity index is 1.65. The van der Waals surface area contributed by atoms with Gasteiger partial charge in [-0.15, -0.1) is 11.3 Å². The monoisotopic (exact) mass is 558 g/mol. The van der Waals surface area contributed by atoms with E-state index >= 15 is 0 Å². The number of carbonyl (C=O) groups is 1. The first-order chi connectivity index (χ1) is 18.2. The fraction of sp³-hybridized carbons (Fsp3) is 0.407. The van der Waals surface area contributed by atoms with E-state index in [4.69, 9.17) is 9.47 Å². The van der Waals surface area contributed by atoms with Crippen LogP contribution in [0.4, 0.5) is 5.69 Å². The standard InChI is InChI=1S/C27H34N4O5S2/c1-19-15-31(17-26-28-12-13-37-26)20(2)18-36-24-11-10-21(29-38(33,34)22-8-6-5-7-9-22)14-23(24)27(32)30(3)16-25(19)35-4/h5-14,19-20,25,29H,15-18H2,1-4H3/t19-,20+,25-/m0/s1. The summed E-state index contributed by atoms with van der Waals surface area (Å²) >= 11 is 1.62.